The standard InChI is InChI=1S/C15H17FN4O2S.ClH/c1-9-2-3-10(6-11(9)16)14(21)18-4-5-19-15(22)12-8-23-13(7-17)20-12;/h2-3,6,8H,4-5,7,17H2,1H3,(H,18,21)(H,19,22);1H. The van der Waals surface area contributed by atoms with Crippen molar-refractivity contribution in [3.05, 3.63) is 51.2 Å². The van der Waals surface area contributed by atoms with E-state index in [1.165, 1.54) is 17.4 Å². The second-order valence-corrected chi connectivity index (χ2v) is 5.75. The van der Waals surface area contributed by atoms with E-state index in [0.717, 1.165) is 0 Å². The van der Waals surface area contributed by atoms with Gasteiger partial charge >= 0.3 is 0 Å². The van der Waals surface area contributed by atoms with Gasteiger partial charge in [-0.2, -0.15) is 0 Å². The van der Waals surface area contributed by atoms with Crippen molar-refractivity contribution in [2.24, 2.45) is 5.73 Å². The minimum atomic E-state index is -0.426. The molecule has 0 radical (unpaired) electrons. The van der Waals surface area contributed by atoms with Crippen LogP contribution in [0, 0.1) is 12.7 Å². The number of halogens is 2. The number of carbonyl (C=O) groups excluding carboxylic acids is 2. The van der Waals surface area contributed by atoms with Gasteiger partial charge in [0.05, 0.1) is 0 Å². The second-order valence-electron chi connectivity index (χ2n) is 4.81. The quantitative estimate of drug-likeness (QED) is 0.671. The molecule has 9 heteroatoms. The predicted molar refractivity (Wildman–Crippen MR) is 93.1 cm³/mol. The topological polar surface area (TPSA) is 97.1 Å². The Kier molecular flexibility index (Phi) is 7.76. The van der Waals surface area contributed by atoms with Crippen molar-refractivity contribution in [1.29, 1.82) is 0 Å². The minimum Gasteiger partial charge on any atom is -0.350 e. The summed E-state index contributed by atoms with van der Waals surface area (Å²) >= 11 is 1.32. The molecule has 0 fully saturated rings. The van der Waals surface area contributed by atoms with Crippen molar-refractivity contribution in [3.8, 4) is 0 Å². The van der Waals surface area contributed by atoms with E-state index in [2.05, 4.69) is 15.6 Å². The molecule has 130 valence electrons. The van der Waals surface area contributed by atoms with Crippen molar-refractivity contribution in [1.82, 2.24) is 15.6 Å². The maximum atomic E-state index is 13.4. The van der Waals surface area contributed by atoms with Crippen LogP contribution in [0.15, 0.2) is 23.6 Å². The largest absolute Gasteiger partial charge is 0.350 e. The molecule has 2 rings (SSSR count). The van der Waals surface area contributed by atoms with Gasteiger partial charge in [-0.25, -0.2) is 9.37 Å². The Bertz CT molecular complexity index is 723. The highest BCUT2D eigenvalue weighted by molar-refractivity contribution is 7.09. The number of rotatable bonds is 6. The molecule has 6 nitrogen and oxygen atoms in total. The van der Waals surface area contributed by atoms with Crippen LogP contribution in [0.5, 0.6) is 0 Å². The molecule has 1 aromatic heterocycles. The summed E-state index contributed by atoms with van der Waals surface area (Å²) in [5.74, 6) is -1.14. The molecule has 0 bridgehead atoms. The van der Waals surface area contributed by atoms with E-state index in [0.29, 0.717) is 22.8 Å². The average molecular weight is 373 g/mol. The summed E-state index contributed by atoms with van der Waals surface area (Å²) < 4.78 is 13.4. The zero-order valence-corrected chi connectivity index (χ0v) is 14.6. The van der Waals surface area contributed by atoms with Gasteiger partial charge in [-0.1, -0.05) is 6.07 Å². The SMILES string of the molecule is Cc1ccc(C(=O)NCCNC(=O)c2csc(CN)n2)cc1F.Cl. The Balaban J connectivity index is 0.00000288. The summed E-state index contributed by atoms with van der Waals surface area (Å²) in [6.45, 7) is 2.39. The number of benzene rings is 1. The van der Waals surface area contributed by atoms with Crippen molar-refractivity contribution >= 4 is 35.6 Å². The number of aromatic nitrogens is 1. The van der Waals surface area contributed by atoms with Crippen LogP contribution in [0.2, 0.25) is 0 Å². The van der Waals surface area contributed by atoms with Gasteiger partial charge in [0.25, 0.3) is 11.8 Å². The van der Waals surface area contributed by atoms with Gasteiger partial charge in [-0.15, -0.1) is 23.7 Å². The molecule has 0 saturated carbocycles. The average Bonchev–Trinajstić information content (AvgIpc) is 3.03. The van der Waals surface area contributed by atoms with Crippen LogP contribution in [0.4, 0.5) is 4.39 Å². The van der Waals surface area contributed by atoms with Crippen molar-refractivity contribution in [2.75, 3.05) is 13.1 Å². The normalized spacial score (nSPS) is 9.96. The lowest BCUT2D eigenvalue weighted by atomic mass is 10.1. The fourth-order valence-electron chi connectivity index (χ4n) is 1.79. The Morgan fingerprint density at radius 1 is 1.25 bits per heavy atom. The molecule has 4 N–H and O–H groups in total. The highest BCUT2D eigenvalue weighted by Crippen LogP contribution is 2.09. The Labute approximate surface area is 149 Å². The number of nitrogens with one attached hydrogen (secondary N) is 2. The van der Waals surface area contributed by atoms with E-state index in [-0.39, 0.29) is 37.0 Å². The summed E-state index contributed by atoms with van der Waals surface area (Å²) in [6.07, 6.45) is 0. The predicted octanol–water partition coefficient (Wildman–Crippen LogP) is 1.63. The number of aryl methyl sites for hydroxylation is 1. The molecular weight excluding hydrogens is 355 g/mol. The van der Waals surface area contributed by atoms with Crippen LogP contribution in [0.1, 0.15) is 31.4 Å². The van der Waals surface area contributed by atoms with Gasteiger partial charge in [0.1, 0.15) is 16.5 Å². The first-order chi connectivity index (χ1) is 11.0. The number of nitrogens with zero attached hydrogens (tertiary/aromatic N) is 1. The van der Waals surface area contributed by atoms with E-state index >= 15 is 0 Å². The zero-order valence-electron chi connectivity index (χ0n) is 13.0. The van der Waals surface area contributed by atoms with Gasteiger partial charge in [0, 0.05) is 30.6 Å². The van der Waals surface area contributed by atoms with Crippen molar-refractivity contribution in [3.63, 3.8) is 0 Å². The number of hydrogen-bond acceptors (Lipinski definition) is 5. The number of nitrogens with two attached hydrogens (primary N) is 1. The van der Waals surface area contributed by atoms with Crippen LogP contribution in [-0.2, 0) is 6.54 Å². The summed E-state index contributed by atoms with van der Waals surface area (Å²) in [4.78, 5) is 27.7. The van der Waals surface area contributed by atoms with Crippen LogP contribution >= 0.6 is 23.7 Å². The molecule has 1 aromatic carbocycles. The lowest BCUT2D eigenvalue weighted by Crippen LogP contribution is -2.34. The summed E-state index contributed by atoms with van der Waals surface area (Å²) in [5, 5.41) is 7.57. The highest BCUT2D eigenvalue weighted by atomic mass is 35.5. The smallest absolute Gasteiger partial charge is 0.270 e. The summed E-state index contributed by atoms with van der Waals surface area (Å²) in [7, 11) is 0. The Morgan fingerprint density at radius 3 is 2.50 bits per heavy atom. The van der Waals surface area contributed by atoms with E-state index in [9.17, 15) is 14.0 Å². The van der Waals surface area contributed by atoms with Crippen LogP contribution in [0.3, 0.4) is 0 Å². The van der Waals surface area contributed by atoms with Gasteiger partial charge in [0.15, 0.2) is 0 Å². The van der Waals surface area contributed by atoms with Gasteiger partial charge in [-0.3, -0.25) is 9.59 Å². The number of thiazole rings is 1. The van der Waals surface area contributed by atoms with E-state index < -0.39 is 11.7 Å². The third kappa shape index (κ3) is 5.26. The zero-order chi connectivity index (χ0) is 16.8. The summed E-state index contributed by atoms with van der Waals surface area (Å²) in [5.41, 5.74) is 6.47. The molecule has 0 spiro atoms. The van der Waals surface area contributed by atoms with Crippen LogP contribution in [0.25, 0.3) is 0 Å². The fraction of sp³-hybridized carbons (Fsp3) is 0.267. The molecule has 0 aliphatic heterocycles. The van der Waals surface area contributed by atoms with Crippen molar-refractivity contribution in [2.45, 2.75) is 13.5 Å². The molecule has 0 atom stereocenters. The molecular formula is C15H18ClFN4O2S. The number of hydrogen-bond donors (Lipinski definition) is 3. The van der Waals surface area contributed by atoms with E-state index in [1.54, 1.807) is 24.4 Å². The second kappa shape index (κ2) is 9.31. The molecule has 0 aliphatic carbocycles. The molecule has 0 unspecified atom stereocenters. The third-order valence-electron chi connectivity index (χ3n) is 3.09. The lowest BCUT2D eigenvalue weighted by molar-refractivity contribution is 0.0925. The first-order valence-electron chi connectivity index (χ1n) is 6.98. The molecule has 2 amide bonds. The molecule has 24 heavy (non-hydrogen) atoms. The Morgan fingerprint density at radius 2 is 1.92 bits per heavy atom. The molecule has 1 heterocycles. The van der Waals surface area contributed by atoms with Crippen molar-refractivity contribution < 1.29 is 14.0 Å². The molecule has 0 aliphatic rings. The monoisotopic (exact) mass is 372 g/mol. The van der Waals surface area contributed by atoms with Crippen LogP contribution < -0.4 is 16.4 Å². The maximum Gasteiger partial charge on any atom is 0.270 e. The van der Waals surface area contributed by atoms with E-state index in [4.69, 9.17) is 5.73 Å². The molecule has 2 aromatic rings. The minimum absolute atomic E-state index is 0. The first-order valence-corrected chi connectivity index (χ1v) is 7.86. The number of amides is 2. The fourth-order valence-corrected chi connectivity index (χ4v) is 2.44. The summed E-state index contributed by atoms with van der Waals surface area (Å²) in [6, 6.07) is 4.28. The molecule has 0 saturated heterocycles. The number of carbonyl (C=O) groups is 2. The highest BCUT2D eigenvalue weighted by Gasteiger charge is 2.10. The first kappa shape index (κ1) is 20.0. The van der Waals surface area contributed by atoms with Gasteiger partial charge in [-0.05, 0) is 24.6 Å². The Hall–Kier alpha value is -2.03. The van der Waals surface area contributed by atoms with Gasteiger partial charge in [0.2, 0.25) is 0 Å². The maximum absolute atomic E-state index is 13.4. The van der Waals surface area contributed by atoms with E-state index in [1.807, 2.05) is 0 Å². The third-order valence-corrected chi connectivity index (χ3v) is 3.96. The van der Waals surface area contributed by atoms with Crippen LogP contribution in [-0.4, -0.2) is 29.9 Å². The lowest BCUT2D eigenvalue weighted by Gasteiger charge is -2.07. The van der Waals surface area contributed by atoms with Gasteiger partial charge < -0.3 is 16.4 Å².